The molecule has 0 aliphatic heterocycles. The first-order valence-electron chi connectivity index (χ1n) is 7.30. The Kier molecular flexibility index (Phi) is 5.94. The molecule has 2 nitrogen and oxygen atoms in total. The number of hydrogen-bond acceptors (Lipinski definition) is 2. The topological polar surface area (TPSA) is 23.5 Å². The summed E-state index contributed by atoms with van der Waals surface area (Å²) in [5.41, 5.74) is 0.189. The van der Waals surface area contributed by atoms with Crippen LogP contribution in [-0.4, -0.2) is 36.8 Å². The number of aliphatic hydroxyl groups excluding tert-OH is 1. The first-order chi connectivity index (χ1) is 8.01. The summed E-state index contributed by atoms with van der Waals surface area (Å²) in [5.74, 6) is 1.62. The van der Waals surface area contributed by atoms with Crippen molar-refractivity contribution in [2.24, 2.45) is 17.3 Å². The fraction of sp³-hybridized carbons (Fsp3) is 1.00. The number of hydrogen-bond donors (Lipinski definition) is 1. The first-order valence-corrected chi connectivity index (χ1v) is 7.30. The average molecular weight is 241 g/mol. The molecule has 0 spiro atoms. The Morgan fingerprint density at radius 3 is 2.41 bits per heavy atom. The van der Waals surface area contributed by atoms with Gasteiger partial charge in [-0.05, 0) is 31.7 Å². The van der Waals surface area contributed by atoms with Crippen LogP contribution in [0.15, 0.2) is 0 Å². The summed E-state index contributed by atoms with van der Waals surface area (Å²) < 4.78 is 0. The number of nitrogens with zero attached hydrogens (tertiary/aromatic N) is 1. The Morgan fingerprint density at radius 1 is 1.35 bits per heavy atom. The van der Waals surface area contributed by atoms with Crippen LogP contribution in [0, 0.1) is 17.3 Å². The third-order valence-corrected chi connectivity index (χ3v) is 4.60. The van der Waals surface area contributed by atoms with Gasteiger partial charge in [-0.25, -0.2) is 0 Å². The van der Waals surface area contributed by atoms with Gasteiger partial charge in [-0.2, -0.15) is 0 Å². The molecule has 0 aromatic rings. The van der Waals surface area contributed by atoms with E-state index in [-0.39, 0.29) is 5.41 Å². The Hall–Kier alpha value is -0.0800. The van der Waals surface area contributed by atoms with Crippen LogP contribution in [0.1, 0.15) is 52.9 Å². The van der Waals surface area contributed by atoms with Crippen molar-refractivity contribution in [3.05, 3.63) is 0 Å². The maximum Gasteiger partial charge on any atom is 0.0499 e. The lowest BCUT2D eigenvalue weighted by molar-refractivity contribution is 0.0332. The minimum Gasteiger partial charge on any atom is -0.396 e. The molecule has 0 bridgehead atoms. The van der Waals surface area contributed by atoms with E-state index >= 15 is 0 Å². The second-order valence-corrected chi connectivity index (χ2v) is 6.55. The molecule has 17 heavy (non-hydrogen) atoms. The maximum absolute atomic E-state index is 9.74. The lowest BCUT2D eigenvalue weighted by Crippen LogP contribution is -2.42. The molecule has 102 valence electrons. The van der Waals surface area contributed by atoms with Crippen LogP contribution in [0.5, 0.6) is 0 Å². The molecule has 1 saturated carbocycles. The number of rotatable bonds is 6. The quantitative estimate of drug-likeness (QED) is 0.772. The molecule has 1 N–H and O–H groups in total. The Morgan fingerprint density at radius 2 is 1.94 bits per heavy atom. The molecule has 1 rings (SSSR count). The van der Waals surface area contributed by atoms with Crippen LogP contribution in [0.2, 0.25) is 0 Å². The van der Waals surface area contributed by atoms with Gasteiger partial charge in [0.2, 0.25) is 0 Å². The van der Waals surface area contributed by atoms with Crippen LogP contribution < -0.4 is 0 Å². The molecule has 0 saturated heterocycles. The molecule has 1 unspecified atom stereocenters. The van der Waals surface area contributed by atoms with Gasteiger partial charge in [0.1, 0.15) is 0 Å². The molecule has 0 aromatic heterocycles. The summed E-state index contributed by atoms with van der Waals surface area (Å²) in [5, 5.41) is 9.74. The van der Waals surface area contributed by atoms with E-state index in [1.165, 1.54) is 32.1 Å². The Bertz CT molecular complexity index is 209. The van der Waals surface area contributed by atoms with E-state index in [9.17, 15) is 5.11 Å². The molecule has 0 aromatic carbocycles. The highest BCUT2D eigenvalue weighted by Gasteiger charge is 2.34. The summed E-state index contributed by atoms with van der Waals surface area (Å²) in [7, 11) is 2.21. The second-order valence-electron chi connectivity index (χ2n) is 6.55. The summed E-state index contributed by atoms with van der Waals surface area (Å²) in [6.45, 7) is 9.50. The molecule has 1 aliphatic carbocycles. The van der Waals surface area contributed by atoms with Crippen molar-refractivity contribution in [1.29, 1.82) is 0 Å². The molecule has 1 aliphatic rings. The molecule has 0 heterocycles. The molecular weight excluding hydrogens is 210 g/mol. The fourth-order valence-electron chi connectivity index (χ4n) is 3.04. The van der Waals surface area contributed by atoms with Crippen molar-refractivity contribution in [2.45, 2.75) is 52.9 Å². The highest BCUT2D eigenvalue weighted by Crippen LogP contribution is 2.39. The molecule has 1 atom stereocenters. The van der Waals surface area contributed by atoms with Gasteiger partial charge < -0.3 is 10.0 Å². The lowest BCUT2D eigenvalue weighted by Gasteiger charge is -2.41. The van der Waals surface area contributed by atoms with E-state index in [1.807, 2.05) is 0 Å². The predicted octanol–water partition coefficient (Wildman–Crippen LogP) is 3.15. The predicted molar refractivity (Wildman–Crippen MR) is 74.1 cm³/mol. The van der Waals surface area contributed by atoms with E-state index in [2.05, 4.69) is 32.7 Å². The normalized spacial score (nSPS) is 31.8. The zero-order valence-electron chi connectivity index (χ0n) is 12.2. The van der Waals surface area contributed by atoms with Crippen molar-refractivity contribution in [3.8, 4) is 0 Å². The van der Waals surface area contributed by atoms with E-state index in [4.69, 9.17) is 0 Å². The third-order valence-electron chi connectivity index (χ3n) is 4.60. The largest absolute Gasteiger partial charge is 0.396 e. The van der Waals surface area contributed by atoms with E-state index in [1.54, 1.807) is 0 Å². The van der Waals surface area contributed by atoms with Gasteiger partial charge >= 0.3 is 0 Å². The van der Waals surface area contributed by atoms with Crippen molar-refractivity contribution in [3.63, 3.8) is 0 Å². The smallest absolute Gasteiger partial charge is 0.0499 e. The second kappa shape index (κ2) is 6.75. The van der Waals surface area contributed by atoms with Crippen molar-refractivity contribution in [2.75, 3.05) is 26.7 Å². The standard InChI is InChI=1S/C15H31NO/c1-5-13(2)10-16(4)11-15(12-17)8-6-14(3)7-9-15/h13-14,17H,5-12H2,1-4H3. The monoisotopic (exact) mass is 241 g/mol. The summed E-state index contributed by atoms with van der Waals surface area (Å²) in [4.78, 5) is 2.43. The Labute approximate surface area is 107 Å². The number of aliphatic hydroxyl groups is 1. The average Bonchev–Trinajstić information content (AvgIpc) is 2.32. The van der Waals surface area contributed by atoms with Crippen LogP contribution in [0.4, 0.5) is 0 Å². The van der Waals surface area contributed by atoms with Gasteiger partial charge in [-0.3, -0.25) is 0 Å². The zero-order chi connectivity index (χ0) is 12.9. The molecule has 2 heteroatoms. The fourth-order valence-corrected chi connectivity index (χ4v) is 3.04. The van der Waals surface area contributed by atoms with Crippen molar-refractivity contribution >= 4 is 0 Å². The van der Waals surface area contributed by atoms with Crippen molar-refractivity contribution < 1.29 is 5.11 Å². The van der Waals surface area contributed by atoms with E-state index in [0.29, 0.717) is 6.61 Å². The lowest BCUT2D eigenvalue weighted by atomic mass is 9.71. The van der Waals surface area contributed by atoms with Gasteiger partial charge in [0, 0.05) is 25.1 Å². The Balaban J connectivity index is 2.45. The highest BCUT2D eigenvalue weighted by molar-refractivity contribution is 4.86. The third kappa shape index (κ3) is 4.59. The molecular formula is C15H31NO. The van der Waals surface area contributed by atoms with E-state index < -0.39 is 0 Å². The van der Waals surface area contributed by atoms with E-state index in [0.717, 1.165) is 24.9 Å². The maximum atomic E-state index is 9.74. The molecule has 1 fully saturated rings. The zero-order valence-corrected chi connectivity index (χ0v) is 12.2. The van der Waals surface area contributed by atoms with Gasteiger partial charge in [0.15, 0.2) is 0 Å². The SMILES string of the molecule is CCC(C)CN(C)CC1(CO)CCC(C)CC1. The molecule has 0 radical (unpaired) electrons. The van der Waals surface area contributed by atoms with Gasteiger partial charge in [-0.1, -0.05) is 40.0 Å². The minimum atomic E-state index is 0.189. The van der Waals surface area contributed by atoms with Gasteiger partial charge in [-0.15, -0.1) is 0 Å². The van der Waals surface area contributed by atoms with Crippen LogP contribution in [0.3, 0.4) is 0 Å². The van der Waals surface area contributed by atoms with Crippen LogP contribution in [0.25, 0.3) is 0 Å². The summed E-state index contributed by atoms with van der Waals surface area (Å²) in [6, 6.07) is 0. The molecule has 0 amide bonds. The first kappa shape index (κ1) is 15.0. The van der Waals surface area contributed by atoms with Gasteiger partial charge in [0.05, 0.1) is 0 Å². The summed E-state index contributed by atoms with van der Waals surface area (Å²) in [6.07, 6.45) is 6.23. The highest BCUT2D eigenvalue weighted by atomic mass is 16.3. The van der Waals surface area contributed by atoms with Gasteiger partial charge in [0.25, 0.3) is 0 Å². The van der Waals surface area contributed by atoms with Crippen molar-refractivity contribution in [1.82, 2.24) is 4.90 Å². The van der Waals surface area contributed by atoms with Crippen LogP contribution in [-0.2, 0) is 0 Å². The minimum absolute atomic E-state index is 0.189. The summed E-state index contributed by atoms with van der Waals surface area (Å²) >= 11 is 0. The van der Waals surface area contributed by atoms with Crippen LogP contribution >= 0.6 is 0 Å².